The van der Waals surface area contributed by atoms with Gasteiger partial charge in [0.2, 0.25) is 0 Å². The number of nitrogens with two attached hydrogens (primary N) is 1. The van der Waals surface area contributed by atoms with Gasteiger partial charge in [-0.05, 0) is 12.1 Å². The summed E-state index contributed by atoms with van der Waals surface area (Å²) in [5, 5.41) is 3.88. The van der Waals surface area contributed by atoms with E-state index in [0.29, 0.717) is 5.56 Å². The number of halogens is 2. The summed E-state index contributed by atoms with van der Waals surface area (Å²) in [7, 11) is 1.70. The van der Waals surface area contributed by atoms with Gasteiger partial charge in [-0.2, -0.15) is 5.10 Å². The molecule has 1 heterocycles. The highest BCUT2D eigenvalue weighted by atomic mass is 19.2. The zero-order chi connectivity index (χ0) is 11.0. The van der Waals surface area contributed by atoms with Crippen molar-refractivity contribution >= 4 is 5.69 Å². The van der Waals surface area contributed by atoms with Crippen LogP contribution in [0.4, 0.5) is 14.5 Å². The maximum Gasteiger partial charge on any atom is 0.182 e. The number of nitrogen functional groups attached to an aromatic ring is 1. The van der Waals surface area contributed by atoms with Crippen LogP contribution in [0.2, 0.25) is 0 Å². The van der Waals surface area contributed by atoms with E-state index in [2.05, 4.69) is 5.10 Å². The molecule has 0 aliphatic heterocycles. The Morgan fingerprint density at radius 3 is 2.60 bits per heavy atom. The molecule has 2 aromatic rings. The number of hydrogen-bond acceptors (Lipinski definition) is 2. The fourth-order valence-electron chi connectivity index (χ4n) is 1.35. The zero-order valence-electron chi connectivity index (χ0n) is 8.04. The van der Waals surface area contributed by atoms with Gasteiger partial charge in [0.15, 0.2) is 11.6 Å². The molecule has 0 atom stereocenters. The summed E-state index contributed by atoms with van der Waals surface area (Å²) < 4.78 is 28.1. The average Bonchev–Trinajstić information content (AvgIpc) is 2.61. The Morgan fingerprint density at radius 2 is 2.00 bits per heavy atom. The Hall–Kier alpha value is -1.91. The molecule has 0 radical (unpaired) electrons. The topological polar surface area (TPSA) is 43.8 Å². The summed E-state index contributed by atoms with van der Waals surface area (Å²) in [6.07, 6.45) is 3.07. The number of anilines is 1. The van der Waals surface area contributed by atoms with Crippen LogP contribution < -0.4 is 5.73 Å². The number of aromatic nitrogens is 2. The van der Waals surface area contributed by atoms with Gasteiger partial charge in [-0.15, -0.1) is 0 Å². The van der Waals surface area contributed by atoms with Gasteiger partial charge in [0.25, 0.3) is 0 Å². The molecule has 15 heavy (non-hydrogen) atoms. The quantitative estimate of drug-likeness (QED) is 0.729. The summed E-state index contributed by atoms with van der Waals surface area (Å²) in [5.41, 5.74) is 5.73. The highest BCUT2D eigenvalue weighted by Gasteiger charge is 2.13. The van der Waals surface area contributed by atoms with Crippen LogP contribution >= 0.6 is 0 Å². The van der Waals surface area contributed by atoms with Crippen molar-refractivity contribution in [3.63, 3.8) is 0 Å². The van der Waals surface area contributed by atoms with E-state index in [9.17, 15) is 8.78 Å². The van der Waals surface area contributed by atoms with Gasteiger partial charge in [-0.3, -0.25) is 4.68 Å². The first-order valence-corrected chi connectivity index (χ1v) is 4.32. The molecule has 78 valence electrons. The van der Waals surface area contributed by atoms with Crippen LogP contribution in [0.3, 0.4) is 0 Å². The number of nitrogens with zero attached hydrogens (tertiary/aromatic N) is 2. The smallest absolute Gasteiger partial charge is 0.182 e. The second kappa shape index (κ2) is 3.34. The Balaban J connectivity index is 2.59. The van der Waals surface area contributed by atoms with Gasteiger partial charge in [0.05, 0.1) is 11.9 Å². The van der Waals surface area contributed by atoms with Crippen molar-refractivity contribution < 1.29 is 8.78 Å². The van der Waals surface area contributed by atoms with Crippen molar-refractivity contribution in [2.75, 3.05) is 5.73 Å². The van der Waals surface area contributed by atoms with Gasteiger partial charge in [0, 0.05) is 24.4 Å². The van der Waals surface area contributed by atoms with Crippen molar-refractivity contribution in [3.05, 3.63) is 36.2 Å². The molecular weight excluding hydrogens is 200 g/mol. The Kier molecular flexibility index (Phi) is 2.15. The van der Waals surface area contributed by atoms with E-state index in [-0.39, 0.29) is 11.3 Å². The van der Waals surface area contributed by atoms with Crippen LogP contribution in [-0.4, -0.2) is 9.78 Å². The van der Waals surface area contributed by atoms with Crippen molar-refractivity contribution in [1.29, 1.82) is 0 Å². The first-order chi connectivity index (χ1) is 7.09. The zero-order valence-corrected chi connectivity index (χ0v) is 8.04. The van der Waals surface area contributed by atoms with Gasteiger partial charge < -0.3 is 5.73 Å². The van der Waals surface area contributed by atoms with E-state index < -0.39 is 11.6 Å². The van der Waals surface area contributed by atoms with E-state index in [1.807, 2.05) is 0 Å². The van der Waals surface area contributed by atoms with Gasteiger partial charge in [-0.25, -0.2) is 8.78 Å². The molecule has 0 aliphatic carbocycles. The lowest BCUT2D eigenvalue weighted by Gasteiger charge is -2.03. The molecule has 0 unspecified atom stereocenters. The summed E-state index contributed by atoms with van der Waals surface area (Å²) in [5.74, 6) is -1.96. The second-order valence-electron chi connectivity index (χ2n) is 3.23. The maximum absolute atomic E-state index is 13.5. The molecule has 2 N–H and O–H groups in total. The van der Waals surface area contributed by atoms with Crippen LogP contribution in [-0.2, 0) is 7.05 Å². The monoisotopic (exact) mass is 209 g/mol. The molecule has 2 rings (SSSR count). The van der Waals surface area contributed by atoms with Crippen molar-refractivity contribution in [2.24, 2.45) is 7.05 Å². The number of benzene rings is 1. The van der Waals surface area contributed by atoms with Crippen LogP contribution in [0.5, 0.6) is 0 Å². The lowest BCUT2D eigenvalue weighted by atomic mass is 10.1. The fourth-order valence-corrected chi connectivity index (χ4v) is 1.35. The highest BCUT2D eigenvalue weighted by molar-refractivity contribution is 5.65. The third-order valence-electron chi connectivity index (χ3n) is 2.13. The molecule has 0 amide bonds. The van der Waals surface area contributed by atoms with Gasteiger partial charge >= 0.3 is 0 Å². The third kappa shape index (κ3) is 1.56. The largest absolute Gasteiger partial charge is 0.396 e. The molecule has 0 bridgehead atoms. The molecule has 0 aliphatic rings. The third-order valence-corrected chi connectivity index (χ3v) is 2.13. The van der Waals surface area contributed by atoms with Crippen molar-refractivity contribution in [1.82, 2.24) is 9.78 Å². The molecule has 1 aromatic carbocycles. The average molecular weight is 209 g/mol. The molecule has 5 heteroatoms. The Bertz CT molecular complexity index is 505. The first-order valence-electron chi connectivity index (χ1n) is 4.32. The standard InChI is InChI=1S/C10H9F2N3/c1-15-5-6(4-14-15)7-2-3-8(13)10(12)9(7)11/h2-5H,13H2,1H3. The maximum atomic E-state index is 13.5. The van der Waals surface area contributed by atoms with Crippen molar-refractivity contribution in [2.45, 2.75) is 0 Å². The SMILES string of the molecule is Cn1cc(-c2ccc(N)c(F)c2F)cn1. The Labute approximate surface area is 85.1 Å². The summed E-state index contributed by atoms with van der Waals surface area (Å²) in [6, 6.07) is 2.77. The predicted octanol–water partition coefficient (Wildman–Crippen LogP) is 1.95. The predicted molar refractivity (Wildman–Crippen MR) is 53.0 cm³/mol. The normalized spacial score (nSPS) is 10.6. The summed E-state index contributed by atoms with van der Waals surface area (Å²) in [6.45, 7) is 0. The highest BCUT2D eigenvalue weighted by Crippen LogP contribution is 2.26. The molecule has 0 saturated carbocycles. The van der Waals surface area contributed by atoms with Crippen LogP contribution in [0.15, 0.2) is 24.5 Å². The van der Waals surface area contributed by atoms with Gasteiger partial charge in [-0.1, -0.05) is 0 Å². The summed E-state index contributed by atoms with van der Waals surface area (Å²) in [4.78, 5) is 0. The lowest BCUT2D eigenvalue weighted by Crippen LogP contribution is -1.96. The number of aryl methyl sites for hydroxylation is 1. The first kappa shape index (κ1) is 9.64. The Morgan fingerprint density at radius 1 is 1.27 bits per heavy atom. The molecule has 0 spiro atoms. The summed E-state index contributed by atoms with van der Waals surface area (Å²) >= 11 is 0. The van der Waals surface area contributed by atoms with Crippen molar-refractivity contribution in [3.8, 4) is 11.1 Å². The minimum atomic E-state index is -1.02. The van der Waals surface area contributed by atoms with E-state index >= 15 is 0 Å². The molecule has 0 saturated heterocycles. The molecular formula is C10H9F2N3. The minimum absolute atomic E-state index is 0.162. The van der Waals surface area contributed by atoms with E-state index in [1.165, 1.54) is 23.0 Å². The molecule has 0 fully saturated rings. The van der Waals surface area contributed by atoms with Gasteiger partial charge in [0.1, 0.15) is 0 Å². The lowest BCUT2D eigenvalue weighted by molar-refractivity contribution is 0.514. The van der Waals surface area contributed by atoms with Crippen LogP contribution in [0.25, 0.3) is 11.1 Å². The fraction of sp³-hybridized carbons (Fsp3) is 0.100. The number of hydrogen-bond donors (Lipinski definition) is 1. The van der Waals surface area contributed by atoms with Crippen LogP contribution in [0.1, 0.15) is 0 Å². The molecule has 3 nitrogen and oxygen atoms in total. The number of rotatable bonds is 1. The minimum Gasteiger partial charge on any atom is -0.396 e. The van der Waals surface area contributed by atoms with E-state index in [1.54, 1.807) is 13.2 Å². The van der Waals surface area contributed by atoms with E-state index in [0.717, 1.165) is 0 Å². The second-order valence-corrected chi connectivity index (χ2v) is 3.23. The van der Waals surface area contributed by atoms with Crippen LogP contribution in [0, 0.1) is 11.6 Å². The molecule has 1 aromatic heterocycles. The van der Waals surface area contributed by atoms with E-state index in [4.69, 9.17) is 5.73 Å².